The minimum Gasteiger partial charge on any atom is -0.472 e. The van der Waals surface area contributed by atoms with Crippen molar-refractivity contribution in [3.63, 3.8) is 0 Å². The Morgan fingerprint density at radius 1 is 1.26 bits per heavy atom. The predicted molar refractivity (Wildman–Crippen MR) is 83.9 cm³/mol. The number of furan rings is 1. The molecule has 3 rings (SSSR count). The number of rotatable bonds is 5. The molecular formula is C17H18N2O4. The Bertz CT molecular complexity index is 676. The molecule has 0 radical (unpaired) electrons. The maximum Gasteiger partial charge on any atom is 0.253 e. The highest BCUT2D eigenvalue weighted by Gasteiger charge is 2.23. The van der Waals surface area contributed by atoms with E-state index in [1.54, 1.807) is 42.9 Å². The van der Waals surface area contributed by atoms with Crippen molar-refractivity contribution < 1.29 is 18.7 Å². The van der Waals surface area contributed by atoms with E-state index in [0.29, 0.717) is 24.4 Å². The Morgan fingerprint density at radius 2 is 2.17 bits per heavy atom. The summed E-state index contributed by atoms with van der Waals surface area (Å²) in [6, 6.07) is 8.63. The Hall–Kier alpha value is -2.60. The van der Waals surface area contributed by atoms with Crippen molar-refractivity contribution in [1.29, 1.82) is 0 Å². The lowest BCUT2D eigenvalue weighted by molar-refractivity contribution is -0.124. The van der Waals surface area contributed by atoms with Gasteiger partial charge in [-0.1, -0.05) is 6.07 Å². The van der Waals surface area contributed by atoms with Crippen molar-refractivity contribution in [2.45, 2.75) is 25.5 Å². The molecule has 0 aliphatic carbocycles. The van der Waals surface area contributed by atoms with Gasteiger partial charge in [-0.25, -0.2) is 0 Å². The summed E-state index contributed by atoms with van der Waals surface area (Å²) in [5, 5.41) is 5.59. The predicted octanol–water partition coefficient (Wildman–Crippen LogP) is 2.33. The smallest absolute Gasteiger partial charge is 0.253 e. The molecule has 1 aromatic heterocycles. The first kappa shape index (κ1) is 15.3. The molecule has 23 heavy (non-hydrogen) atoms. The van der Waals surface area contributed by atoms with E-state index in [0.717, 1.165) is 18.4 Å². The Kier molecular flexibility index (Phi) is 4.73. The maximum atomic E-state index is 12.2. The highest BCUT2D eigenvalue weighted by atomic mass is 16.5. The summed E-state index contributed by atoms with van der Waals surface area (Å²) in [5.74, 6) is -0.377. The van der Waals surface area contributed by atoms with Crippen LogP contribution in [0, 0.1) is 0 Å². The third kappa shape index (κ3) is 3.98. The van der Waals surface area contributed by atoms with Crippen molar-refractivity contribution in [1.82, 2.24) is 5.32 Å². The molecule has 0 bridgehead atoms. The Balaban J connectivity index is 1.59. The van der Waals surface area contributed by atoms with Gasteiger partial charge in [0.1, 0.15) is 6.10 Å². The van der Waals surface area contributed by atoms with E-state index < -0.39 is 6.10 Å². The normalized spacial score (nSPS) is 17.0. The second kappa shape index (κ2) is 7.11. The first-order chi connectivity index (χ1) is 11.2. The van der Waals surface area contributed by atoms with Crippen LogP contribution in [-0.4, -0.2) is 24.5 Å². The van der Waals surface area contributed by atoms with Crippen LogP contribution < -0.4 is 10.6 Å². The Labute approximate surface area is 133 Å². The quantitative estimate of drug-likeness (QED) is 0.887. The van der Waals surface area contributed by atoms with Crippen LogP contribution in [0.3, 0.4) is 0 Å². The average molecular weight is 314 g/mol. The van der Waals surface area contributed by atoms with Gasteiger partial charge in [0.2, 0.25) is 0 Å². The molecule has 0 saturated carbocycles. The van der Waals surface area contributed by atoms with Crippen molar-refractivity contribution in [3.05, 3.63) is 54.0 Å². The van der Waals surface area contributed by atoms with E-state index >= 15 is 0 Å². The number of ether oxygens (including phenoxy) is 1. The van der Waals surface area contributed by atoms with Gasteiger partial charge in [0.05, 0.1) is 12.5 Å². The molecular weight excluding hydrogens is 296 g/mol. The lowest BCUT2D eigenvalue weighted by Gasteiger charge is -2.11. The highest BCUT2D eigenvalue weighted by Crippen LogP contribution is 2.16. The zero-order valence-electron chi connectivity index (χ0n) is 12.6. The fraction of sp³-hybridized carbons (Fsp3) is 0.294. The summed E-state index contributed by atoms with van der Waals surface area (Å²) < 4.78 is 10.3. The van der Waals surface area contributed by atoms with Gasteiger partial charge in [0.25, 0.3) is 11.8 Å². The molecule has 1 unspecified atom stereocenters. The first-order valence-electron chi connectivity index (χ1n) is 7.54. The van der Waals surface area contributed by atoms with Crippen LogP contribution in [0.1, 0.15) is 28.8 Å². The van der Waals surface area contributed by atoms with Gasteiger partial charge in [-0.15, -0.1) is 0 Å². The molecule has 1 aliphatic heterocycles. The molecule has 1 atom stereocenters. The van der Waals surface area contributed by atoms with Crippen LogP contribution in [0.2, 0.25) is 0 Å². The van der Waals surface area contributed by atoms with E-state index in [1.807, 2.05) is 0 Å². The van der Waals surface area contributed by atoms with E-state index in [4.69, 9.17) is 9.15 Å². The number of hydrogen-bond donors (Lipinski definition) is 2. The van der Waals surface area contributed by atoms with Gasteiger partial charge in [0.15, 0.2) is 0 Å². The molecule has 0 spiro atoms. The number of nitrogens with one attached hydrogen (secondary N) is 2. The highest BCUT2D eigenvalue weighted by molar-refractivity contribution is 5.98. The van der Waals surface area contributed by atoms with E-state index in [9.17, 15) is 9.59 Å². The van der Waals surface area contributed by atoms with Crippen LogP contribution in [0.15, 0.2) is 47.3 Å². The summed E-state index contributed by atoms with van der Waals surface area (Å²) in [4.78, 5) is 24.2. The molecule has 2 heterocycles. The van der Waals surface area contributed by atoms with Crippen molar-refractivity contribution in [2.75, 3.05) is 11.9 Å². The minimum absolute atomic E-state index is 0.168. The van der Waals surface area contributed by atoms with Gasteiger partial charge in [0, 0.05) is 30.0 Å². The molecule has 6 heteroatoms. The number of anilines is 1. The molecule has 6 nitrogen and oxygen atoms in total. The summed E-state index contributed by atoms with van der Waals surface area (Å²) >= 11 is 0. The second-order valence-electron chi connectivity index (χ2n) is 5.39. The van der Waals surface area contributed by atoms with Gasteiger partial charge in [-0.2, -0.15) is 0 Å². The zero-order chi connectivity index (χ0) is 16.1. The van der Waals surface area contributed by atoms with Crippen molar-refractivity contribution in [2.24, 2.45) is 0 Å². The lowest BCUT2D eigenvalue weighted by Crippen LogP contribution is -2.27. The summed E-state index contributed by atoms with van der Waals surface area (Å²) in [7, 11) is 0. The van der Waals surface area contributed by atoms with E-state index in [2.05, 4.69) is 10.6 Å². The molecule has 1 fully saturated rings. The van der Waals surface area contributed by atoms with Crippen LogP contribution >= 0.6 is 0 Å². The number of benzene rings is 1. The maximum absolute atomic E-state index is 12.2. The van der Waals surface area contributed by atoms with Gasteiger partial charge < -0.3 is 19.8 Å². The number of hydrogen-bond acceptors (Lipinski definition) is 4. The van der Waals surface area contributed by atoms with Crippen LogP contribution in [0.4, 0.5) is 5.69 Å². The minimum atomic E-state index is -0.395. The molecule has 2 aromatic rings. The van der Waals surface area contributed by atoms with Crippen LogP contribution in [-0.2, 0) is 16.1 Å². The third-order valence-electron chi connectivity index (χ3n) is 3.65. The monoisotopic (exact) mass is 314 g/mol. The first-order valence-corrected chi connectivity index (χ1v) is 7.54. The SMILES string of the molecule is O=C(NCc1ccoc1)c1cccc(NC(=O)C2CCCO2)c1. The van der Waals surface area contributed by atoms with Crippen LogP contribution in [0.25, 0.3) is 0 Å². The summed E-state index contributed by atoms with van der Waals surface area (Å²) in [6.45, 7) is 1.01. The molecule has 1 saturated heterocycles. The van der Waals surface area contributed by atoms with Crippen molar-refractivity contribution >= 4 is 17.5 Å². The molecule has 2 amide bonds. The summed E-state index contributed by atoms with van der Waals surface area (Å²) in [6.07, 6.45) is 4.38. The van der Waals surface area contributed by atoms with E-state index in [-0.39, 0.29) is 11.8 Å². The molecule has 1 aromatic carbocycles. The largest absolute Gasteiger partial charge is 0.472 e. The molecule has 2 N–H and O–H groups in total. The van der Waals surface area contributed by atoms with Gasteiger partial charge in [-0.05, 0) is 37.1 Å². The topological polar surface area (TPSA) is 80.6 Å². The average Bonchev–Trinajstić information content (AvgIpc) is 3.26. The Morgan fingerprint density at radius 3 is 2.91 bits per heavy atom. The number of amides is 2. The standard InChI is InChI=1S/C17H18N2O4/c20-16(18-10-12-6-8-22-11-12)13-3-1-4-14(9-13)19-17(21)15-5-2-7-23-15/h1,3-4,6,8-9,11,15H,2,5,7,10H2,(H,18,20)(H,19,21). The lowest BCUT2D eigenvalue weighted by atomic mass is 10.1. The summed E-state index contributed by atoms with van der Waals surface area (Å²) in [5.41, 5.74) is 1.96. The number of carbonyl (C=O) groups excluding carboxylic acids is 2. The van der Waals surface area contributed by atoms with Gasteiger partial charge in [-0.3, -0.25) is 9.59 Å². The van der Waals surface area contributed by atoms with Crippen LogP contribution in [0.5, 0.6) is 0 Å². The van der Waals surface area contributed by atoms with Crippen molar-refractivity contribution in [3.8, 4) is 0 Å². The zero-order valence-corrected chi connectivity index (χ0v) is 12.6. The molecule has 120 valence electrons. The second-order valence-corrected chi connectivity index (χ2v) is 5.39. The third-order valence-corrected chi connectivity index (χ3v) is 3.65. The fourth-order valence-corrected chi connectivity index (χ4v) is 2.42. The number of carbonyl (C=O) groups is 2. The van der Waals surface area contributed by atoms with Gasteiger partial charge >= 0.3 is 0 Å². The van der Waals surface area contributed by atoms with E-state index in [1.165, 1.54) is 0 Å². The fourth-order valence-electron chi connectivity index (χ4n) is 2.42. The molecule has 1 aliphatic rings.